The number of carbonyl (C=O) groups is 1. The van der Waals surface area contributed by atoms with Gasteiger partial charge in [-0.1, -0.05) is 38.3 Å². The molecule has 0 aliphatic heterocycles. The summed E-state index contributed by atoms with van der Waals surface area (Å²) < 4.78 is 1.62. The topological polar surface area (TPSA) is 88.2 Å². The highest BCUT2D eigenvalue weighted by molar-refractivity contribution is 5.82. The second-order valence-electron chi connectivity index (χ2n) is 10.6. The number of rotatable bonds is 8. The van der Waals surface area contributed by atoms with E-state index in [2.05, 4.69) is 24.2 Å². The molecular formula is C24H39N3O3. The largest absolute Gasteiger partial charge is 0.393 e. The maximum Gasteiger partial charge on any atom is 0.157 e. The number of nitrogens with zero attached hydrogens (tertiary/aromatic N) is 3. The van der Waals surface area contributed by atoms with Crippen molar-refractivity contribution in [1.82, 2.24) is 15.0 Å². The predicted molar refractivity (Wildman–Crippen MR) is 114 cm³/mol. The van der Waals surface area contributed by atoms with E-state index in [1.165, 1.54) is 0 Å². The summed E-state index contributed by atoms with van der Waals surface area (Å²) in [6.07, 6.45) is 12.9. The van der Waals surface area contributed by atoms with Crippen LogP contribution in [-0.4, -0.2) is 43.2 Å². The van der Waals surface area contributed by atoms with E-state index in [1.807, 2.05) is 0 Å². The maximum atomic E-state index is 13.1. The highest BCUT2D eigenvalue weighted by Gasteiger charge is 2.58. The summed E-state index contributed by atoms with van der Waals surface area (Å²) in [5, 5.41) is 29.3. The molecule has 0 spiro atoms. The first-order valence-corrected chi connectivity index (χ1v) is 12.1. The van der Waals surface area contributed by atoms with Crippen LogP contribution < -0.4 is 0 Å². The van der Waals surface area contributed by atoms with Gasteiger partial charge in [-0.05, 0) is 74.0 Å². The Bertz CT molecular complexity index is 709. The minimum Gasteiger partial charge on any atom is -0.393 e. The molecule has 3 saturated carbocycles. The van der Waals surface area contributed by atoms with E-state index in [0.717, 1.165) is 64.2 Å². The smallest absolute Gasteiger partial charge is 0.157 e. The monoisotopic (exact) mass is 417 g/mol. The molecule has 30 heavy (non-hydrogen) atoms. The molecule has 3 fully saturated rings. The van der Waals surface area contributed by atoms with Crippen LogP contribution >= 0.6 is 0 Å². The molecule has 1 aromatic rings. The van der Waals surface area contributed by atoms with Gasteiger partial charge in [-0.25, -0.2) is 4.68 Å². The zero-order valence-electron chi connectivity index (χ0n) is 18.6. The van der Waals surface area contributed by atoms with Gasteiger partial charge in [0.15, 0.2) is 5.78 Å². The van der Waals surface area contributed by atoms with Gasteiger partial charge < -0.3 is 10.2 Å². The third kappa shape index (κ3) is 4.22. The van der Waals surface area contributed by atoms with Crippen molar-refractivity contribution in [2.45, 2.75) is 96.8 Å². The summed E-state index contributed by atoms with van der Waals surface area (Å²) in [6.45, 7) is 4.71. The molecule has 0 unspecified atom stereocenters. The Morgan fingerprint density at radius 3 is 2.83 bits per heavy atom. The lowest BCUT2D eigenvalue weighted by atomic mass is 9.52. The van der Waals surface area contributed by atoms with E-state index in [4.69, 9.17) is 0 Å². The Labute approximate surface area is 180 Å². The van der Waals surface area contributed by atoms with Gasteiger partial charge in [0.25, 0.3) is 0 Å². The summed E-state index contributed by atoms with van der Waals surface area (Å²) in [5.41, 5.74) is -0.105. The number of hydrogen-bond donors (Lipinski definition) is 2. The minimum atomic E-state index is -0.327. The summed E-state index contributed by atoms with van der Waals surface area (Å²) in [4.78, 5) is 13.1. The van der Waals surface area contributed by atoms with Crippen LogP contribution in [0.3, 0.4) is 0 Å². The van der Waals surface area contributed by atoms with E-state index in [9.17, 15) is 15.0 Å². The van der Waals surface area contributed by atoms with E-state index < -0.39 is 0 Å². The van der Waals surface area contributed by atoms with E-state index in [0.29, 0.717) is 23.7 Å². The lowest BCUT2D eigenvalue weighted by Gasteiger charge is -2.53. The van der Waals surface area contributed by atoms with Crippen molar-refractivity contribution in [3.05, 3.63) is 12.4 Å². The summed E-state index contributed by atoms with van der Waals surface area (Å²) in [5.74, 6) is 2.17. The lowest BCUT2D eigenvalue weighted by Crippen LogP contribution is -2.51. The van der Waals surface area contributed by atoms with Gasteiger partial charge in [0, 0.05) is 12.1 Å². The number of fused-ring (bicyclic) bond motifs is 3. The number of Topliss-reactive ketones (excluding diaryl/α,β-unsaturated/α-hetero) is 1. The van der Waals surface area contributed by atoms with Crippen LogP contribution in [0.5, 0.6) is 0 Å². The van der Waals surface area contributed by atoms with Crippen LogP contribution in [0.25, 0.3) is 0 Å². The van der Waals surface area contributed by atoms with E-state index in [-0.39, 0.29) is 35.9 Å². The number of hydrogen-bond acceptors (Lipinski definition) is 5. The molecular weight excluding hydrogens is 378 g/mol. The van der Waals surface area contributed by atoms with Crippen LogP contribution in [0.4, 0.5) is 0 Å². The highest BCUT2D eigenvalue weighted by Crippen LogP contribution is 2.62. The van der Waals surface area contributed by atoms with Gasteiger partial charge in [-0.2, -0.15) is 0 Å². The van der Waals surface area contributed by atoms with Gasteiger partial charge in [0.05, 0.1) is 18.4 Å². The van der Waals surface area contributed by atoms with Crippen molar-refractivity contribution in [3.8, 4) is 0 Å². The molecule has 3 aliphatic rings. The SMILES string of the molecule is CCCC[C@@H](O)C[C@@H]1CC[C@@H]2[C@@H](C1)[C@@H](O)C[C@]1(C)[C@@H](C(=O)Cn3ccnn3)CC[C@@H]21. The Hall–Kier alpha value is -1.27. The fourth-order valence-electron chi connectivity index (χ4n) is 7.40. The van der Waals surface area contributed by atoms with Crippen molar-refractivity contribution in [1.29, 1.82) is 0 Å². The summed E-state index contributed by atoms with van der Waals surface area (Å²) >= 11 is 0. The molecule has 6 nitrogen and oxygen atoms in total. The Morgan fingerprint density at radius 2 is 2.10 bits per heavy atom. The van der Waals surface area contributed by atoms with Gasteiger partial charge in [-0.15, -0.1) is 5.10 Å². The van der Waals surface area contributed by atoms with Crippen molar-refractivity contribution in [2.24, 2.45) is 35.0 Å². The van der Waals surface area contributed by atoms with Crippen molar-refractivity contribution in [3.63, 3.8) is 0 Å². The van der Waals surface area contributed by atoms with Crippen LogP contribution in [0.1, 0.15) is 78.1 Å². The second-order valence-corrected chi connectivity index (χ2v) is 10.6. The maximum absolute atomic E-state index is 13.1. The van der Waals surface area contributed by atoms with Crippen molar-refractivity contribution in [2.75, 3.05) is 0 Å². The molecule has 168 valence electrons. The molecule has 8 atom stereocenters. The minimum absolute atomic E-state index is 0.0101. The normalized spacial score (nSPS) is 39.3. The average molecular weight is 418 g/mol. The predicted octanol–water partition coefficient (Wildman–Crippen LogP) is 3.62. The Morgan fingerprint density at radius 1 is 1.27 bits per heavy atom. The highest BCUT2D eigenvalue weighted by atomic mass is 16.3. The molecule has 0 aromatic carbocycles. The number of aliphatic hydroxyl groups excluding tert-OH is 2. The van der Waals surface area contributed by atoms with Crippen LogP contribution in [0.15, 0.2) is 12.4 Å². The molecule has 3 aliphatic carbocycles. The van der Waals surface area contributed by atoms with E-state index >= 15 is 0 Å². The molecule has 0 radical (unpaired) electrons. The van der Waals surface area contributed by atoms with Crippen molar-refractivity contribution < 1.29 is 15.0 Å². The molecule has 0 bridgehead atoms. The molecule has 1 aromatic heterocycles. The molecule has 6 heteroatoms. The first kappa shape index (κ1) is 21.9. The Balaban J connectivity index is 1.41. The third-order valence-electron chi connectivity index (χ3n) is 8.81. The molecule has 4 rings (SSSR count). The zero-order valence-corrected chi connectivity index (χ0v) is 18.6. The second kappa shape index (κ2) is 9.07. The molecule has 2 N–H and O–H groups in total. The van der Waals surface area contributed by atoms with Gasteiger partial charge in [0.1, 0.15) is 6.54 Å². The van der Waals surface area contributed by atoms with Gasteiger partial charge in [-0.3, -0.25) is 4.79 Å². The molecule has 0 saturated heterocycles. The van der Waals surface area contributed by atoms with Gasteiger partial charge in [0.2, 0.25) is 0 Å². The van der Waals surface area contributed by atoms with Gasteiger partial charge >= 0.3 is 0 Å². The number of aromatic nitrogens is 3. The van der Waals surface area contributed by atoms with Crippen LogP contribution in [-0.2, 0) is 11.3 Å². The first-order chi connectivity index (χ1) is 14.4. The third-order valence-corrected chi connectivity index (χ3v) is 8.81. The summed E-state index contributed by atoms with van der Waals surface area (Å²) in [6, 6.07) is 0. The number of aliphatic hydroxyl groups is 2. The summed E-state index contributed by atoms with van der Waals surface area (Å²) in [7, 11) is 0. The van der Waals surface area contributed by atoms with Crippen molar-refractivity contribution >= 4 is 5.78 Å². The average Bonchev–Trinajstić information content (AvgIpc) is 3.33. The van der Waals surface area contributed by atoms with Crippen LogP contribution in [0, 0.1) is 35.0 Å². The molecule has 0 amide bonds. The lowest BCUT2D eigenvalue weighted by molar-refractivity contribution is -0.136. The Kier molecular flexibility index (Phi) is 6.64. The van der Waals surface area contributed by atoms with E-state index in [1.54, 1.807) is 17.1 Å². The number of ketones is 1. The standard InChI is InChI=1S/C24H39N3O3/c1-3-4-5-17(28)12-16-6-7-18-19(13-16)22(29)14-24(2)20(18)8-9-21(24)23(30)15-27-11-10-25-26-27/h10-11,16-22,28-29H,3-9,12-15H2,1-2H3/t16-,17+,18+,19+,20-,21+,22-,24-/m0/s1. The zero-order chi connectivity index (χ0) is 21.3. The first-order valence-electron chi connectivity index (χ1n) is 12.1. The van der Waals surface area contributed by atoms with Crippen LogP contribution in [0.2, 0.25) is 0 Å². The number of unbranched alkanes of at least 4 members (excludes halogenated alkanes) is 1. The quantitative estimate of drug-likeness (QED) is 0.674. The fourth-order valence-corrected chi connectivity index (χ4v) is 7.40. The molecule has 1 heterocycles. The number of carbonyl (C=O) groups excluding carboxylic acids is 1. The fraction of sp³-hybridized carbons (Fsp3) is 0.875.